The number of rotatable bonds is 7. The highest BCUT2D eigenvalue weighted by Gasteiger charge is 2.30. The van der Waals surface area contributed by atoms with E-state index >= 15 is 0 Å². The van der Waals surface area contributed by atoms with E-state index in [9.17, 15) is 8.78 Å². The van der Waals surface area contributed by atoms with Gasteiger partial charge in [0.2, 0.25) is 0 Å². The number of alkyl halides is 2. The third-order valence-electron chi connectivity index (χ3n) is 3.70. The van der Waals surface area contributed by atoms with Crippen molar-refractivity contribution in [2.75, 3.05) is 32.8 Å². The van der Waals surface area contributed by atoms with Crippen molar-refractivity contribution in [2.45, 2.75) is 45.1 Å². The number of hydrogen-bond acceptors (Lipinski definition) is 3. The van der Waals surface area contributed by atoms with E-state index in [1.807, 2.05) is 6.92 Å². The zero-order valence-corrected chi connectivity index (χ0v) is 11.5. The molecule has 0 aromatic heterocycles. The van der Waals surface area contributed by atoms with Crippen LogP contribution in [0.15, 0.2) is 0 Å². The topological polar surface area (TPSA) is 35.5 Å². The Morgan fingerprint density at radius 2 is 2.22 bits per heavy atom. The van der Waals surface area contributed by atoms with Crippen LogP contribution >= 0.6 is 0 Å². The van der Waals surface area contributed by atoms with Gasteiger partial charge < -0.3 is 15.3 Å². The molecule has 1 rings (SSSR count). The first-order chi connectivity index (χ1) is 8.48. The van der Waals surface area contributed by atoms with E-state index in [0.717, 1.165) is 38.9 Å². The van der Waals surface area contributed by atoms with Crippen molar-refractivity contribution in [3.63, 3.8) is 0 Å². The van der Waals surface area contributed by atoms with Crippen LogP contribution in [0.4, 0.5) is 8.78 Å². The van der Waals surface area contributed by atoms with Crippen LogP contribution in [0.1, 0.15) is 33.1 Å². The molecule has 1 aliphatic heterocycles. The molecule has 0 amide bonds. The lowest BCUT2D eigenvalue weighted by Crippen LogP contribution is -2.48. The monoisotopic (exact) mass is 264 g/mol. The van der Waals surface area contributed by atoms with Crippen molar-refractivity contribution in [1.82, 2.24) is 10.2 Å². The van der Waals surface area contributed by atoms with E-state index in [2.05, 4.69) is 17.1 Å². The molecular formula is C13H26F2N2O. The summed E-state index contributed by atoms with van der Waals surface area (Å²) in [6.07, 6.45) is 3.38. The Bertz CT molecular complexity index is 237. The highest BCUT2D eigenvalue weighted by atomic mass is 19.3. The number of aliphatic hydroxyl groups excluding tert-OH is 1. The van der Waals surface area contributed by atoms with Crippen LogP contribution in [0.25, 0.3) is 0 Å². The summed E-state index contributed by atoms with van der Waals surface area (Å²) in [7, 11) is 0. The molecule has 18 heavy (non-hydrogen) atoms. The third kappa shape index (κ3) is 5.16. The quantitative estimate of drug-likeness (QED) is 0.735. The molecule has 0 aromatic carbocycles. The smallest absolute Gasteiger partial charge is 0.282 e. The highest BCUT2D eigenvalue weighted by Crippen LogP contribution is 2.20. The third-order valence-corrected chi connectivity index (χ3v) is 3.70. The van der Waals surface area contributed by atoms with Crippen molar-refractivity contribution in [1.29, 1.82) is 0 Å². The van der Waals surface area contributed by atoms with E-state index < -0.39 is 19.1 Å². The minimum atomic E-state index is -3.01. The summed E-state index contributed by atoms with van der Waals surface area (Å²) in [5, 5.41) is 11.4. The largest absolute Gasteiger partial charge is 0.390 e. The second-order valence-corrected chi connectivity index (χ2v) is 5.39. The summed E-state index contributed by atoms with van der Waals surface area (Å²) in [5.41, 5.74) is 0. The molecule has 0 radical (unpaired) electrons. The minimum Gasteiger partial charge on any atom is -0.390 e. The second kappa shape index (κ2) is 7.36. The molecule has 1 heterocycles. The molecule has 0 aliphatic carbocycles. The molecule has 1 saturated heterocycles. The summed E-state index contributed by atoms with van der Waals surface area (Å²) in [6.45, 7) is 5.82. The number of nitrogens with one attached hydrogen (secondary N) is 1. The molecule has 2 N–H and O–H groups in total. The first-order valence-electron chi connectivity index (χ1n) is 6.93. The van der Waals surface area contributed by atoms with Gasteiger partial charge in [0.05, 0.1) is 6.54 Å². The van der Waals surface area contributed by atoms with E-state index in [-0.39, 0.29) is 6.04 Å². The predicted molar refractivity (Wildman–Crippen MR) is 69.0 cm³/mol. The number of piperidine rings is 1. The van der Waals surface area contributed by atoms with Gasteiger partial charge in [-0.1, -0.05) is 6.92 Å². The Morgan fingerprint density at radius 3 is 2.83 bits per heavy atom. The molecule has 0 saturated carbocycles. The lowest BCUT2D eigenvalue weighted by Gasteiger charge is -2.36. The zero-order chi connectivity index (χ0) is 13.6. The maximum absolute atomic E-state index is 13.0. The summed E-state index contributed by atoms with van der Waals surface area (Å²) in [5.74, 6) is -2.58. The van der Waals surface area contributed by atoms with E-state index in [4.69, 9.17) is 5.11 Å². The average Bonchev–Trinajstić information content (AvgIpc) is 2.37. The van der Waals surface area contributed by atoms with Gasteiger partial charge in [-0.05, 0) is 45.2 Å². The normalized spacial score (nSPS) is 24.2. The number of halogens is 2. The Morgan fingerprint density at radius 1 is 1.50 bits per heavy atom. The number of hydrogen-bond donors (Lipinski definition) is 2. The molecule has 3 nitrogen and oxygen atoms in total. The number of aliphatic hydroxyl groups is 1. The summed E-state index contributed by atoms with van der Waals surface area (Å²) in [6, 6.07) is 0.0714. The average molecular weight is 264 g/mol. The summed E-state index contributed by atoms with van der Waals surface area (Å²) >= 11 is 0. The van der Waals surface area contributed by atoms with Crippen LogP contribution < -0.4 is 5.32 Å². The molecule has 1 aliphatic rings. The number of likely N-dealkylation sites (tertiary alicyclic amines) is 1. The summed E-state index contributed by atoms with van der Waals surface area (Å²) in [4.78, 5) is 2.41. The van der Waals surface area contributed by atoms with Crippen LogP contribution in [-0.2, 0) is 0 Å². The molecule has 0 aromatic rings. The molecule has 108 valence electrons. The van der Waals surface area contributed by atoms with Crippen molar-refractivity contribution >= 4 is 0 Å². The van der Waals surface area contributed by atoms with Gasteiger partial charge in [-0.25, -0.2) is 8.78 Å². The van der Waals surface area contributed by atoms with Gasteiger partial charge in [0.25, 0.3) is 5.92 Å². The SMILES string of the molecule is CCCN1CCCC(C(C)NCC(F)(F)CO)C1. The Balaban J connectivity index is 2.34. The predicted octanol–water partition coefficient (Wildman–Crippen LogP) is 1.71. The zero-order valence-electron chi connectivity index (χ0n) is 11.5. The van der Waals surface area contributed by atoms with Gasteiger partial charge in [0.1, 0.15) is 6.61 Å². The van der Waals surface area contributed by atoms with Gasteiger partial charge in [-0.2, -0.15) is 0 Å². The standard InChI is InChI=1S/C13H26F2N2O/c1-3-6-17-7-4-5-12(8-17)11(2)16-9-13(14,15)10-18/h11-12,16,18H,3-10H2,1-2H3. The molecule has 0 spiro atoms. The first kappa shape index (κ1) is 15.8. The first-order valence-corrected chi connectivity index (χ1v) is 6.93. The van der Waals surface area contributed by atoms with Crippen LogP contribution in [-0.4, -0.2) is 54.8 Å². The van der Waals surface area contributed by atoms with Crippen LogP contribution in [0.5, 0.6) is 0 Å². The molecule has 2 unspecified atom stereocenters. The van der Waals surface area contributed by atoms with Gasteiger partial charge >= 0.3 is 0 Å². The van der Waals surface area contributed by atoms with Gasteiger partial charge in [0.15, 0.2) is 0 Å². The van der Waals surface area contributed by atoms with Crippen LogP contribution in [0.2, 0.25) is 0 Å². The van der Waals surface area contributed by atoms with E-state index in [1.165, 1.54) is 0 Å². The van der Waals surface area contributed by atoms with Gasteiger partial charge in [0, 0.05) is 12.6 Å². The second-order valence-electron chi connectivity index (χ2n) is 5.39. The minimum absolute atomic E-state index is 0.0714. The van der Waals surface area contributed by atoms with Gasteiger partial charge in [-0.3, -0.25) is 0 Å². The van der Waals surface area contributed by atoms with Crippen molar-refractivity contribution < 1.29 is 13.9 Å². The lowest BCUT2D eigenvalue weighted by molar-refractivity contribution is -0.0507. The molecule has 2 atom stereocenters. The van der Waals surface area contributed by atoms with Crippen LogP contribution in [0.3, 0.4) is 0 Å². The van der Waals surface area contributed by atoms with Crippen molar-refractivity contribution in [3.8, 4) is 0 Å². The molecule has 5 heteroatoms. The van der Waals surface area contributed by atoms with Crippen molar-refractivity contribution in [2.24, 2.45) is 5.92 Å². The fourth-order valence-corrected chi connectivity index (χ4v) is 2.55. The van der Waals surface area contributed by atoms with E-state index in [1.54, 1.807) is 0 Å². The van der Waals surface area contributed by atoms with Crippen LogP contribution in [0, 0.1) is 5.92 Å². The fourth-order valence-electron chi connectivity index (χ4n) is 2.55. The summed E-state index contributed by atoms with van der Waals surface area (Å²) < 4.78 is 25.9. The molecular weight excluding hydrogens is 238 g/mol. The Kier molecular flexibility index (Phi) is 6.46. The maximum Gasteiger partial charge on any atom is 0.282 e. The lowest BCUT2D eigenvalue weighted by atomic mass is 9.91. The van der Waals surface area contributed by atoms with Gasteiger partial charge in [-0.15, -0.1) is 0 Å². The fraction of sp³-hybridized carbons (Fsp3) is 1.00. The Labute approximate surface area is 109 Å². The maximum atomic E-state index is 13.0. The molecule has 1 fully saturated rings. The highest BCUT2D eigenvalue weighted by molar-refractivity contribution is 4.82. The molecule has 0 bridgehead atoms. The Hall–Kier alpha value is -0.260. The van der Waals surface area contributed by atoms with Crippen molar-refractivity contribution in [3.05, 3.63) is 0 Å². The number of nitrogens with zero attached hydrogens (tertiary/aromatic N) is 1. The van der Waals surface area contributed by atoms with E-state index in [0.29, 0.717) is 5.92 Å².